The first-order valence-electron chi connectivity index (χ1n) is 9.45. The zero-order chi connectivity index (χ0) is 19.4. The van der Waals surface area contributed by atoms with Crippen molar-refractivity contribution in [3.63, 3.8) is 0 Å². The largest absolute Gasteiger partial charge is 0.491 e. The summed E-state index contributed by atoms with van der Waals surface area (Å²) in [6.45, 7) is 8.30. The van der Waals surface area contributed by atoms with Crippen molar-refractivity contribution >= 4 is 11.8 Å². The maximum Gasteiger partial charge on any atom is 0.270 e. The van der Waals surface area contributed by atoms with E-state index >= 15 is 0 Å². The molecule has 1 aromatic carbocycles. The van der Waals surface area contributed by atoms with Crippen LogP contribution in [-0.2, 0) is 0 Å². The molecule has 2 heterocycles. The minimum atomic E-state index is -0.0136. The minimum Gasteiger partial charge on any atom is -0.491 e. The molecular weight excluding hydrogens is 342 g/mol. The van der Waals surface area contributed by atoms with Crippen LogP contribution in [0.2, 0.25) is 0 Å². The fourth-order valence-corrected chi connectivity index (χ4v) is 3.31. The van der Waals surface area contributed by atoms with Gasteiger partial charge in [-0.15, -0.1) is 0 Å². The molecule has 0 aliphatic carbocycles. The molecule has 1 fully saturated rings. The zero-order valence-corrected chi connectivity index (χ0v) is 16.2. The summed E-state index contributed by atoms with van der Waals surface area (Å²) in [6, 6.07) is 9.16. The van der Waals surface area contributed by atoms with Crippen molar-refractivity contribution < 1.29 is 14.3 Å². The summed E-state index contributed by atoms with van der Waals surface area (Å²) in [5, 5.41) is 0. The molecule has 6 heteroatoms. The maximum absolute atomic E-state index is 12.9. The molecule has 1 aliphatic rings. The summed E-state index contributed by atoms with van der Waals surface area (Å²) >= 11 is 0. The van der Waals surface area contributed by atoms with Crippen LogP contribution in [0.4, 0.5) is 0 Å². The molecular formula is C21H27N3O3. The fourth-order valence-electron chi connectivity index (χ4n) is 3.31. The molecule has 0 radical (unpaired) electrons. The molecule has 0 bridgehead atoms. The number of benzene rings is 1. The van der Waals surface area contributed by atoms with Crippen molar-refractivity contribution in [2.24, 2.45) is 0 Å². The van der Waals surface area contributed by atoms with Gasteiger partial charge in [0.1, 0.15) is 11.4 Å². The van der Waals surface area contributed by atoms with E-state index in [-0.39, 0.29) is 17.9 Å². The molecule has 3 rings (SSSR count). The van der Waals surface area contributed by atoms with Crippen LogP contribution in [0, 0.1) is 6.92 Å². The normalized spacial score (nSPS) is 15.0. The van der Waals surface area contributed by atoms with Gasteiger partial charge < -0.3 is 19.5 Å². The van der Waals surface area contributed by atoms with Crippen molar-refractivity contribution in [1.29, 1.82) is 0 Å². The number of rotatable bonds is 4. The highest BCUT2D eigenvalue weighted by molar-refractivity contribution is 5.95. The van der Waals surface area contributed by atoms with Gasteiger partial charge in [-0.05, 0) is 63.1 Å². The predicted molar refractivity (Wildman–Crippen MR) is 104 cm³/mol. The van der Waals surface area contributed by atoms with E-state index in [2.05, 4.69) is 4.98 Å². The van der Waals surface area contributed by atoms with E-state index in [0.717, 1.165) is 17.7 Å². The highest BCUT2D eigenvalue weighted by Gasteiger charge is 2.24. The van der Waals surface area contributed by atoms with E-state index in [1.165, 1.54) is 0 Å². The molecule has 144 valence electrons. The highest BCUT2D eigenvalue weighted by Crippen LogP contribution is 2.22. The van der Waals surface area contributed by atoms with Gasteiger partial charge in [-0.2, -0.15) is 0 Å². The molecule has 1 N–H and O–H groups in total. The zero-order valence-electron chi connectivity index (χ0n) is 16.2. The first-order chi connectivity index (χ1) is 13.0. The van der Waals surface area contributed by atoms with Gasteiger partial charge in [0, 0.05) is 37.9 Å². The maximum atomic E-state index is 12.9. The van der Waals surface area contributed by atoms with Gasteiger partial charge in [0.05, 0.1) is 6.10 Å². The average Bonchev–Trinajstić information content (AvgIpc) is 3.06. The van der Waals surface area contributed by atoms with Crippen LogP contribution >= 0.6 is 0 Å². The molecule has 1 aliphatic heterocycles. The topological polar surface area (TPSA) is 65.6 Å². The quantitative estimate of drug-likeness (QED) is 0.901. The van der Waals surface area contributed by atoms with Crippen LogP contribution in [0.5, 0.6) is 5.75 Å². The molecule has 2 aromatic rings. The van der Waals surface area contributed by atoms with Crippen molar-refractivity contribution in [2.45, 2.75) is 33.3 Å². The van der Waals surface area contributed by atoms with Gasteiger partial charge in [-0.25, -0.2) is 0 Å². The number of H-pyrrole nitrogens is 1. The van der Waals surface area contributed by atoms with E-state index in [1.54, 1.807) is 12.3 Å². The number of hydrogen-bond donors (Lipinski definition) is 1. The van der Waals surface area contributed by atoms with Crippen LogP contribution < -0.4 is 4.74 Å². The molecule has 2 amide bonds. The Morgan fingerprint density at radius 2 is 1.74 bits per heavy atom. The van der Waals surface area contributed by atoms with Crippen molar-refractivity contribution in [1.82, 2.24) is 14.8 Å². The number of carbonyl (C=O) groups excluding carboxylic acids is 2. The van der Waals surface area contributed by atoms with Gasteiger partial charge in [0.2, 0.25) is 0 Å². The molecule has 27 heavy (non-hydrogen) atoms. The fraction of sp³-hybridized carbons (Fsp3) is 0.429. The average molecular weight is 369 g/mol. The standard InChI is InChI=1S/C21H27N3O3/c1-15(2)27-19-8-7-17(14-16(19)3)20(25)23-10-5-11-24(13-12-23)21(26)18-6-4-9-22-18/h4,6-9,14-15,22H,5,10-13H2,1-3H3. The van der Waals surface area contributed by atoms with E-state index in [1.807, 2.05) is 54.8 Å². The molecule has 0 saturated carbocycles. The van der Waals surface area contributed by atoms with Crippen LogP contribution in [0.1, 0.15) is 46.7 Å². The Balaban J connectivity index is 1.66. The lowest BCUT2D eigenvalue weighted by Crippen LogP contribution is -2.37. The van der Waals surface area contributed by atoms with Crippen molar-refractivity contribution in [3.8, 4) is 5.75 Å². The summed E-state index contributed by atoms with van der Waals surface area (Å²) in [5.41, 5.74) is 2.20. The van der Waals surface area contributed by atoms with Crippen molar-refractivity contribution in [3.05, 3.63) is 53.3 Å². The Bertz CT molecular complexity index is 799. The molecule has 0 atom stereocenters. The summed E-state index contributed by atoms with van der Waals surface area (Å²) in [4.78, 5) is 32.0. The monoisotopic (exact) mass is 369 g/mol. The summed E-state index contributed by atoms with van der Waals surface area (Å²) in [6.07, 6.45) is 2.61. The number of amides is 2. The van der Waals surface area contributed by atoms with Gasteiger partial charge in [0.25, 0.3) is 11.8 Å². The van der Waals surface area contributed by atoms with Crippen LogP contribution in [0.15, 0.2) is 36.5 Å². The summed E-state index contributed by atoms with van der Waals surface area (Å²) in [7, 11) is 0. The number of nitrogens with one attached hydrogen (secondary N) is 1. The Hall–Kier alpha value is -2.76. The molecule has 6 nitrogen and oxygen atoms in total. The third-order valence-corrected chi connectivity index (χ3v) is 4.68. The third-order valence-electron chi connectivity index (χ3n) is 4.68. The molecule has 0 unspecified atom stereocenters. The number of aryl methyl sites for hydroxylation is 1. The number of ether oxygens (including phenoxy) is 1. The second kappa shape index (κ2) is 8.29. The first kappa shape index (κ1) is 19.0. The third kappa shape index (κ3) is 4.51. The predicted octanol–water partition coefficient (Wildman–Crippen LogP) is 3.10. The van der Waals surface area contributed by atoms with Gasteiger partial charge in [0.15, 0.2) is 0 Å². The lowest BCUT2D eigenvalue weighted by molar-refractivity contribution is 0.0716. The van der Waals surface area contributed by atoms with E-state index in [4.69, 9.17) is 4.74 Å². The van der Waals surface area contributed by atoms with Gasteiger partial charge in [-0.3, -0.25) is 9.59 Å². The second-order valence-corrected chi connectivity index (χ2v) is 7.17. The van der Waals surface area contributed by atoms with Gasteiger partial charge >= 0.3 is 0 Å². The number of aromatic amines is 1. The Labute approximate surface area is 160 Å². The molecule has 1 aromatic heterocycles. The SMILES string of the molecule is Cc1cc(C(=O)N2CCCN(C(=O)c3ccc[nH]3)CC2)ccc1OC(C)C. The van der Waals surface area contributed by atoms with Crippen LogP contribution in [0.3, 0.4) is 0 Å². The van der Waals surface area contributed by atoms with Crippen LogP contribution in [0.25, 0.3) is 0 Å². The first-order valence-corrected chi connectivity index (χ1v) is 9.45. The molecule has 1 saturated heterocycles. The summed E-state index contributed by atoms with van der Waals surface area (Å²) in [5.74, 6) is 0.795. The second-order valence-electron chi connectivity index (χ2n) is 7.17. The van der Waals surface area contributed by atoms with Gasteiger partial charge in [-0.1, -0.05) is 0 Å². The number of aromatic nitrogens is 1. The Kier molecular flexibility index (Phi) is 5.84. The Morgan fingerprint density at radius 3 is 2.33 bits per heavy atom. The highest BCUT2D eigenvalue weighted by atomic mass is 16.5. The van der Waals surface area contributed by atoms with E-state index in [9.17, 15) is 9.59 Å². The number of hydrogen-bond acceptors (Lipinski definition) is 3. The smallest absolute Gasteiger partial charge is 0.270 e. The minimum absolute atomic E-state index is 0.00312. The Morgan fingerprint density at radius 1 is 1.04 bits per heavy atom. The number of carbonyl (C=O) groups is 2. The lowest BCUT2D eigenvalue weighted by atomic mass is 10.1. The number of nitrogens with zero attached hydrogens (tertiary/aromatic N) is 2. The molecule has 0 spiro atoms. The van der Waals surface area contributed by atoms with Crippen LogP contribution in [-0.4, -0.2) is 58.9 Å². The van der Waals surface area contributed by atoms with E-state index in [0.29, 0.717) is 37.4 Å². The lowest BCUT2D eigenvalue weighted by Gasteiger charge is -2.22. The van der Waals surface area contributed by atoms with Crippen molar-refractivity contribution in [2.75, 3.05) is 26.2 Å². The van der Waals surface area contributed by atoms with E-state index < -0.39 is 0 Å². The summed E-state index contributed by atoms with van der Waals surface area (Å²) < 4.78 is 5.75.